The molecule has 4 aliphatic rings. The van der Waals surface area contributed by atoms with Gasteiger partial charge in [-0.1, -0.05) is 0 Å². The number of rotatable bonds is 2. The Morgan fingerprint density at radius 1 is 1.14 bits per heavy atom. The Bertz CT molecular complexity index is 237. The van der Waals surface area contributed by atoms with Gasteiger partial charge in [-0.15, -0.1) is 0 Å². The number of halogens is 1. The minimum Gasteiger partial charge on any atom is -0.353 e. The second kappa shape index (κ2) is 2.72. The monoisotopic (exact) mass is 198 g/mol. The van der Waals surface area contributed by atoms with E-state index in [-0.39, 0.29) is 6.67 Å². The zero-order valence-electron chi connectivity index (χ0n) is 8.90. The van der Waals surface area contributed by atoms with Crippen molar-refractivity contribution >= 4 is 0 Å². The Kier molecular flexibility index (Phi) is 1.77. The van der Waals surface area contributed by atoms with Crippen LogP contribution in [0.3, 0.4) is 0 Å². The van der Waals surface area contributed by atoms with E-state index in [4.69, 9.17) is 0 Å². The van der Waals surface area contributed by atoms with E-state index in [9.17, 15) is 4.39 Å². The van der Waals surface area contributed by atoms with Crippen LogP contribution in [0.25, 0.3) is 0 Å². The van der Waals surface area contributed by atoms with Crippen LogP contribution in [0.2, 0.25) is 0 Å². The van der Waals surface area contributed by atoms with Gasteiger partial charge in [0.15, 0.2) is 0 Å². The molecule has 2 atom stereocenters. The Morgan fingerprint density at radius 2 is 1.79 bits per heavy atom. The van der Waals surface area contributed by atoms with Gasteiger partial charge in [0.2, 0.25) is 0 Å². The zero-order chi connectivity index (χ0) is 9.81. The molecule has 0 amide bonds. The quantitative estimate of drug-likeness (QED) is 0.702. The summed E-state index contributed by atoms with van der Waals surface area (Å²) in [4.78, 5) is 0. The molecule has 4 saturated carbocycles. The van der Waals surface area contributed by atoms with Crippen molar-refractivity contribution in [1.29, 1.82) is 0 Å². The molecule has 80 valence electrons. The fraction of sp³-hybridized carbons (Fsp3) is 1.00. The van der Waals surface area contributed by atoms with Crippen molar-refractivity contribution in [2.45, 2.75) is 50.5 Å². The molecule has 1 nitrogen and oxygen atoms in total. The van der Waals surface area contributed by atoms with Gasteiger partial charge in [0, 0.05) is 19.3 Å². The number of hydrogen-bond acceptors (Lipinski definition) is 0. The molecule has 4 bridgehead atoms. The number of quaternary nitrogens is 1. The lowest BCUT2D eigenvalue weighted by Crippen LogP contribution is -2.79. The predicted octanol–water partition coefficient (Wildman–Crippen LogP) is 1.93. The molecule has 3 N–H and O–H groups in total. The van der Waals surface area contributed by atoms with Crippen molar-refractivity contribution in [3.63, 3.8) is 0 Å². The van der Waals surface area contributed by atoms with Crippen LogP contribution < -0.4 is 5.73 Å². The van der Waals surface area contributed by atoms with E-state index < -0.39 is 0 Å². The van der Waals surface area contributed by atoms with Crippen LogP contribution in [0.4, 0.5) is 4.39 Å². The largest absolute Gasteiger partial charge is 0.353 e. The van der Waals surface area contributed by atoms with Crippen molar-refractivity contribution in [2.24, 2.45) is 17.3 Å². The summed E-state index contributed by atoms with van der Waals surface area (Å²) in [5.41, 5.74) is 5.16. The molecule has 0 aromatic heterocycles. The van der Waals surface area contributed by atoms with E-state index in [2.05, 4.69) is 5.73 Å². The Morgan fingerprint density at radius 3 is 2.29 bits per heavy atom. The van der Waals surface area contributed by atoms with Gasteiger partial charge in [0.25, 0.3) is 0 Å². The molecular weight excluding hydrogens is 177 g/mol. The van der Waals surface area contributed by atoms with E-state index in [1.807, 2.05) is 0 Å². The molecule has 0 aromatic carbocycles. The van der Waals surface area contributed by atoms with E-state index in [0.717, 1.165) is 18.3 Å². The van der Waals surface area contributed by atoms with Crippen LogP contribution in [0.15, 0.2) is 0 Å². The van der Waals surface area contributed by atoms with E-state index in [0.29, 0.717) is 11.0 Å². The van der Waals surface area contributed by atoms with Gasteiger partial charge in [-0.05, 0) is 42.9 Å². The predicted molar refractivity (Wildman–Crippen MR) is 53.3 cm³/mol. The smallest absolute Gasteiger partial charge is 0.0956 e. The topological polar surface area (TPSA) is 27.6 Å². The van der Waals surface area contributed by atoms with E-state index >= 15 is 0 Å². The first kappa shape index (κ1) is 9.14. The Hall–Kier alpha value is -0.110. The summed E-state index contributed by atoms with van der Waals surface area (Å²) >= 11 is 0. The SMILES string of the molecule is [NH3+]C12CC3CC(C1)CC(CCF)(C3)C2. The third kappa shape index (κ3) is 1.23. The Labute approximate surface area is 85.2 Å². The second-order valence-electron chi connectivity index (χ2n) is 6.40. The molecule has 0 aliphatic heterocycles. The molecule has 4 rings (SSSR count). The molecule has 4 aliphatic carbocycles. The van der Waals surface area contributed by atoms with Crippen LogP contribution in [-0.4, -0.2) is 12.2 Å². The average molecular weight is 198 g/mol. The van der Waals surface area contributed by atoms with Crippen molar-refractivity contribution < 1.29 is 10.1 Å². The molecule has 2 heteroatoms. The first-order valence-electron chi connectivity index (χ1n) is 6.05. The first-order valence-corrected chi connectivity index (χ1v) is 6.05. The summed E-state index contributed by atoms with van der Waals surface area (Å²) in [6.45, 7) is -0.116. The molecule has 0 heterocycles. The molecule has 0 saturated heterocycles. The van der Waals surface area contributed by atoms with Crippen molar-refractivity contribution in [2.75, 3.05) is 6.67 Å². The number of hydrogen-bond donors (Lipinski definition) is 1. The third-order valence-electron chi connectivity index (χ3n) is 4.93. The van der Waals surface area contributed by atoms with Crippen LogP contribution in [-0.2, 0) is 0 Å². The summed E-state index contributed by atoms with van der Waals surface area (Å²) in [6, 6.07) is 0. The summed E-state index contributed by atoms with van der Waals surface area (Å²) in [5.74, 6) is 1.78. The van der Waals surface area contributed by atoms with Crippen LogP contribution >= 0.6 is 0 Å². The summed E-state index contributed by atoms with van der Waals surface area (Å²) < 4.78 is 12.6. The summed E-state index contributed by atoms with van der Waals surface area (Å²) in [5, 5.41) is 0. The van der Waals surface area contributed by atoms with E-state index in [1.54, 1.807) is 0 Å². The lowest BCUT2D eigenvalue weighted by atomic mass is 9.46. The first-order chi connectivity index (χ1) is 6.63. The maximum Gasteiger partial charge on any atom is 0.0956 e. The molecule has 0 radical (unpaired) electrons. The van der Waals surface area contributed by atoms with Gasteiger partial charge in [0.05, 0.1) is 12.2 Å². The molecule has 4 fully saturated rings. The minimum absolute atomic E-state index is 0.116. The van der Waals surface area contributed by atoms with Crippen molar-refractivity contribution in [1.82, 2.24) is 0 Å². The maximum absolute atomic E-state index is 12.6. The molecule has 0 aromatic rings. The normalized spacial score (nSPS) is 55.3. The van der Waals surface area contributed by atoms with Gasteiger partial charge in [-0.3, -0.25) is 4.39 Å². The molecule has 14 heavy (non-hydrogen) atoms. The standard InChI is InChI=1S/C12H20FN/c13-2-1-11-4-9-3-10(5-11)7-12(14,6-9)8-11/h9-10H,1-8,14H2/p+1. The highest BCUT2D eigenvalue weighted by Crippen LogP contribution is 2.61. The third-order valence-corrected chi connectivity index (χ3v) is 4.93. The van der Waals surface area contributed by atoms with E-state index in [1.165, 1.54) is 38.5 Å². The highest BCUT2D eigenvalue weighted by Gasteiger charge is 2.57. The van der Waals surface area contributed by atoms with Gasteiger partial charge in [0.1, 0.15) is 0 Å². The number of alkyl halides is 1. The highest BCUT2D eigenvalue weighted by atomic mass is 19.1. The Balaban J connectivity index is 1.89. The van der Waals surface area contributed by atoms with Crippen LogP contribution in [0, 0.1) is 17.3 Å². The van der Waals surface area contributed by atoms with Crippen LogP contribution in [0.5, 0.6) is 0 Å². The fourth-order valence-electron chi connectivity index (χ4n) is 5.14. The molecule has 0 spiro atoms. The lowest BCUT2D eigenvalue weighted by molar-refractivity contribution is -0.510. The van der Waals surface area contributed by atoms with Gasteiger partial charge in [-0.25, -0.2) is 0 Å². The summed E-state index contributed by atoms with van der Waals surface area (Å²) in [6.07, 6.45) is 8.74. The van der Waals surface area contributed by atoms with Crippen molar-refractivity contribution in [3.8, 4) is 0 Å². The van der Waals surface area contributed by atoms with Crippen LogP contribution in [0.1, 0.15) is 44.9 Å². The molecule has 2 unspecified atom stereocenters. The molecular formula is C12H21FN+. The summed E-state index contributed by atoms with van der Waals surface area (Å²) in [7, 11) is 0. The minimum atomic E-state index is -0.116. The second-order valence-corrected chi connectivity index (χ2v) is 6.40. The van der Waals surface area contributed by atoms with Gasteiger partial charge < -0.3 is 5.73 Å². The average Bonchev–Trinajstić information content (AvgIpc) is 1.97. The van der Waals surface area contributed by atoms with Crippen molar-refractivity contribution in [3.05, 3.63) is 0 Å². The maximum atomic E-state index is 12.6. The zero-order valence-corrected chi connectivity index (χ0v) is 8.90. The fourth-order valence-corrected chi connectivity index (χ4v) is 5.14. The van der Waals surface area contributed by atoms with Gasteiger partial charge in [-0.2, -0.15) is 0 Å². The van der Waals surface area contributed by atoms with Gasteiger partial charge >= 0.3 is 0 Å². The lowest BCUT2D eigenvalue weighted by Gasteiger charge is -2.59. The highest BCUT2D eigenvalue weighted by molar-refractivity contribution is 5.07.